The fourth-order valence-electron chi connectivity index (χ4n) is 3.70. The number of H-pyrrole nitrogens is 1. The van der Waals surface area contributed by atoms with Gasteiger partial charge in [-0.05, 0) is 51.0 Å². The molecule has 136 valence electrons. The van der Waals surface area contributed by atoms with Gasteiger partial charge in [0.05, 0.1) is 22.8 Å². The Hall–Kier alpha value is -2.63. The monoisotopic (exact) mass is 351 g/mol. The Morgan fingerprint density at radius 1 is 1.23 bits per heavy atom. The number of rotatable bonds is 4. The number of fused-ring (bicyclic) bond motifs is 1. The standard InChI is InChI=1S/C20H25N5O/c1-12-5-6-17-20(15(12)4)22-18(21-17)7-8-19(26)24-10-16(11-24)25-14(3)9-13(2)23-25/h5-6,9,16H,7-8,10-11H2,1-4H3,(H,21,22). The second-order valence-electron chi connectivity index (χ2n) is 7.41. The van der Waals surface area contributed by atoms with Gasteiger partial charge in [-0.3, -0.25) is 9.48 Å². The molecule has 6 heteroatoms. The Kier molecular flexibility index (Phi) is 4.05. The van der Waals surface area contributed by atoms with E-state index in [0.29, 0.717) is 18.9 Å². The van der Waals surface area contributed by atoms with Crippen LogP contribution in [0.25, 0.3) is 11.0 Å². The molecular formula is C20H25N5O. The number of hydrogen-bond donors (Lipinski definition) is 1. The lowest BCUT2D eigenvalue weighted by Gasteiger charge is -2.39. The minimum Gasteiger partial charge on any atom is -0.342 e. The van der Waals surface area contributed by atoms with Crippen molar-refractivity contribution in [1.82, 2.24) is 24.6 Å². The summed E-state index contributed by atoms with van der Waals surface area (Å²) in [7, 11) is 0. The van der Waals surface area contributed by atoms with E-state index < -0.39 is 0 Å². The second-order valence-corrected chi connectivity index (χ2v) is 7.41. The minimum atomic E-state index is 0.191. The number of amides is 1. The summed E-state index contributed by atoms with van der Waals surface area (Å²) in [6.45, 7) is 9.75. The van der Waals surface area contributed by atoms with Crippen LogP contribution in [0.5, 0.6) is 0 Å². The molecule has 4 rings (SSSR count). The highest BCUT2D eigenvalue weighted by atomic mass is 16.2. The fraction of sp³-hybridized carbons (Fsp3) is 0.450. The van der Waals surface area contributed by atoms with Gasteiger partial charge in [-0.15, -0.1) is 0 Å². The maximum absolute atomic E-state index is 12.5. The van der Waals surface area contributed by atoms with E-state index in [4.69, 9.17) is 0 Å². The maximum Gasteiger partial charge on any atom is 0.223 e. The van der Waals surface area contributed by atoms with Gasteiger partial charge in [0, 0.05) is 31.6 Å². The second kappa shape index (κ2) is 6.27. The van der Waals surface area contributed by atoms with Crippen LogP contribution in [0, 0.1) is 27.7 Å². The number of aromatic nitrogens is 4. The Bertz CT molecular complexity index is 978. The molecule has 0 aliphatic carbocycles. The van der Waals surface area contributed by atoms with E-state index in [9.17, 15) is 4.79 Å². The Morgan fingerprint density at radius 3 is 2.69 bits per heavy atom. The number of nitrogens with zero attached hydrogens (tertiary/aromatic N) is 4. The molecule has 0 saturated carbocycles. The number of benzene rings is 1. The van der Waals surface area contributed by atoms with Crippen LogP contribution in [0.3, 0.4) is 0 Å². The number of nitrogens with one attached hydrogen (secondary N) is 1. The number of likely N-dealkylation sites (tertiary alicyclic amines) is 1. The van der Waals surface area contributed by atoms with Crippen molar-refractivity contribution in [2.45, 2.75) is 46.6 Å². The highest BCUT2D eigenvalue weighted by molar-refractivity contribution is 5.80. The predicted molar refractivity (Wildman–Crippen MR) is 101 cm³/mol. The molecule has 3 aromatic rings. The van der Waals surface area contributed by atoms with E-state index in [2.05, 4.69) is 54.0 Å². The van der Waals surface area contributed by atoms with Gasteiger partial charge < -0.3 is 9.88 Å². The van der Waals surface area contributed by atoms with Crippen molar-refractivity contribution in [1.29, 1.82) is 0 Å². The van der Waals surface area contributed by atoms with Crippen molar-refractivity contribution in [3.8, 4) is 0 Å². The summed E-state index contributed by atoms with van der Waals surface area (Å²) in [6, 6.07) is 6.55. The van der Waals surface area contributed by atoms with Crippen molar-refractivity contribution < 1.29 is 4.79 Å². The SMILES string of the molecule is Cc1cc(C)n(C2CN(C(=O)CCc3nc4c(C)c(C)ccc4[nH]3)C2)n1. The number of imidazole rings is 1. The molecule has 1 saturated heterocycles. The van der Waals surface area contributed by atoms with Crippen molar-refractivity contribution in [3.63, 3.8) is 0 Å². The molecule has 1 aliphatic rings. The summed E-state index contributed by atoms with van der Waals surface area (Å²) < 4.78 is 2.05. The van der Waals surface area contributed by atoms with Crippen LogP contribution in [0.4, 0.5) is 0 Å². The molecule has 0 spiro atoms. The number of hydrogen-bond acceptors (Lipinski definition) is 3. The van der Waals surface area contributed by atoms with E-state index >= 15 is 0 Å². The quantitative estimate of drug-likeness (QED) is 0.786. The van der Waals surface area contributed by atoms with E-state index in [1.54, 1.807) is 0 Å². The average Bonchev–Trinajstić information content (AvgIpc) is 3.11. The number of carbonyl (C=O) groups excluding carboxylic acids is 1. The first-order valence-corrected chi connectivity index (χ1v) is 9.17. The van der Waals surface area contributed by atoms with Crippen LogP contribution in [0.15, 0.2) is 18.2 Å². The first-order valence-electron chi connectivity index (χ1n) is 9.17. The van der Waals surface area contributed by atoms with E-state index in [-0.39, 0.29) is 5.91 Å². The van der Waals surface area contributed by atoms with Gasteiger partial charge in [0.15, 0.2) is 0 Å². The van der Waals surface area contributed by atoms with Gasteiger partial charge >= 0.3 is 0 Å². The van der Waals surface area contributed by atoms with Crippen molar-refractivity contribution >= 4 is 16.9 Å². The number of carbonyl (C=O) groups is 1. The van der Waals surface area contributed by atoms with Gasteiger partial charge in [0.2, 0.25) is 5.91 Å². The van der Waals surface area contributed by atoms with Crippen LogP contribution < -0.4 is 0 Å². The van der Waals surface area contributed by atoms with Crippen LogP contribution in [-0.4, -0.2) is 43.6 Å². The average molecular weight is 351 g/mol. The third-order valence-corrected chi connectivity index (χ3v) is 5.41. The van der Waals surface area contributed by atoms with Crippen LogP contribution >= 0.6 is 0 Å². The molecule has 0 unspecified atom stereocenters. The molecule has 1 fully saturated rings. The maximum atomic E-state index is 12.5. The van der Waals surface area contributed by atoms with Crippen LogP contribution in [0.1, 0.15) is 40.8 Å². The van der Waals surface area contributed by atoms with Crippen molar-refractivity contribution in [2.75, 3.05) is 13.1 Å². The summed E-state index contributed by atoms with van der Waals surface area (Å²) in [5.74, 6) is 1.08. The smallest absolute Gasteiger partial charge is 0.223 e. The van der Waals surface area contributed by atoms with Gasteiger partial charge in [-0.2, -0.15) is 5.10 Å². The van der Waals surface area contributed by atoms with Crippen LogP contribution in [-0.2, 0) is 11.2 Å². The zero-order valence-electron chi connectivity index (χ0n) is 15.8. The fourth-order valence-corrected chi connectivity index (χ4v) is 3.70. The summed E-state index contributed by atoms with van der Waals surface area (Å²) >= 11 is 0. The molecule has 1 aliphatic heterocycles. The van der Waals surface area contributed by atoms with E-state index in [0.717, 1.165) is 41.3 Å². The number of aromatic amines is 1. The molecule has 1 aromatic carbocycles. The zero-order chi connectivity index (χ0) is 18.4. The van der Waals surface area contributed by atoms with Gasteiger partial charge in [0.1, 0.15) is 5.82 Å². The van der Waals surface area contributed by atoms with Crippen molar-refractivity contribution in [3.05, 3.63) is 46.5 Å². The molecule has 1 N–H and O–H groups in total. The molecule has 2 aromatic heterocycles. The largest absolute Gasteiger partial charge is 0.342 e. The lowest BCUT2D eigenvalue weighted by molar-refractivity contribution is -0.137. The lowest BCUT2D eigenvalue weighted by Crippen LogP contribution is -2.51. The molecule has 3 heterocycles. The molecule has 0 atom stereocenters. The predicted octanol–water partition coefficient (Wildman–Crippen LogP) is 3.01. The zero-order valence-corrected chi connectivity index (χ0v) is 15.8. The summed E-state index contributed by atoms with van der Waals surface area (Å²) in [6.07, 6.45) is 1.13. The molecule has 0 bridgehead atoms. The lowest BCUT2D eigenvalue weighted by atomic mass is 10.1. The van der Waals surface area contributed by atoms with E-state index in [1.807, 2.05) is 16.5 Å². The Balaban J connectivity index is 1.35. The minimum absolute atomic E-state index is 0.191. The highest BCUT2D eigenvalue weighted by Gasteiger charge is 2.32. The molecule has 26 heavy (non-hydrogen) atoms. The summed E-state index contributed by atoms with van der Waals surface area (Å²) in [4.78, 5) is 22.4. The highest BCUT2D eigenvalue weighted by Crippen LogP contribution is 2.24. The van der Waals surface area contributed by atoms with E-state index in [1.165, 1.54) is 11.1 Å². The third kappa shape index (κ3) is 2.89. The van der Waals surface area contributed by atoms with Gasteiger partial charge in [-0.1, -0.05) is 6.07 Å². The normalized spacial score (nSPS) is 14.8. The topological polar surface area (TPSA) is 66.8 Å². The summed E-state index contributed by atoms with van der Waals surface area (Å²) in [5, 5.41) is 4.52. The Labute approximate surface area is 153 Å². The van der Waals surface area contributed by atoms with Crippen molar-refractivity contribution in [2.24, 2.45) is 0 Å². The molecular weight excluding hydrogens is 326 g/mol. The van der Waals surface area contributed by atoms with Crippen LogP contribution in [0.2, 0.25) is 0 Å². The van der Waals surface area contributed by atoms with Gasteiger partial charge in [-0.25, -0.2) is 4.98 Å². The third-order valence-electron chi connectivity index (χ3n) is 5.41. The first-order chi connectivity index (χ1) is 12.4. The Morgan fingerprint density at radius 2 is 2.00 bits per heavy atom. The molecule has 0 radical (unpaired) electrons. The van der Waals surface area contributed by atoms with Gasteiger partial charge in [0.25, 0.3) is 0 Å². The molecule has 1 amide bonds. The molecule has 6 nitrogen and oxygen atoms in total. The first kappa shape index (κ1) is 16.8. The summed E-state index contributed by atoms with van der Waals surface area (Å²) in [5.41, 5.74) is 6.69. The number of aryl methyl sites for hydroxylation is 5.